The fraction of sp³-hybridized carbons (Fsp3) is 0.500. The van der Waals surface area contributed by atoms with Gasteiger partial charge in [-0.1, -0.05) is 6.07 Å². The van der Waals surface area contributed by atoms with Crippen molar-refractivity contribution in [2.45, 2.75) is 38.4 Å². The van der Waals surface area contributed by atoms with Gasteiger partial charge in [0.2, 0.25) is 5.91 Å². The van der Waals surface area contributed by atoms with Crippen LogP contribution >= 0.6 is 0 Å². The third kappa shape index (κ3) is 6.33. The molecule has 0 spiro atoms. The first-order valence-electron chi connectivity index (χ1n) is 12.2. The number of pyridine rings is 1. The summed E-state index contributed by atoms with van der Waals surface area (Å²) in [6.45, 7) is 3.81. The van der Waals surface area contributed by atoms with E-state index >= 15 is 0 Å². The molecule has 0 atom stereocenters. The zero-order valence-electron chi connectivity index (χ0n) is 20.0. The number of nitriles is 1. The zero-order valence-corrected chi connectivity index (χ0v) is 20.0. The molecular weight excluding hydrogens is 471 g/mol. The Labute approximate surface area is 208 Å². The van der Waals surface area contributed by atoms with Crippen LogP contribution in [0.15, 0.2) is 36.5 Å². The molecule has 1 aromatic heterocycles. The van der Waals surface area contributed by atoms with Crippen LogP contribution in [0.2, 0.25) is 0 Å². The lowest BCUT2D eigenvalue weighted by Crippen LogP contribution is -2.38. The Kier molecular flexibility index (Phi) is 8.11. The molecule has 10 heteroatoms. The number of carbonyl (C=O) groups excluding carboxylic acids is 1. The van der Waals surface area contributed by atoms with Gasteiger partial charge >= 0.3 is 6.18 Å². The van der Waals surface area contributed by atoms with Gasteiger partial charge in [-0.05, 0) is 74.5 Å². The number of likely N-dealkylation sites (tertiary alicyclic amines) is 1. The van der Waals surface area contributed by atoms with Gasteiger partial charge in [0.25, 0.3) is 0 Å². The molecule has 0 unspecified atom stereocenters. The summed E-state index contributed by atoms with van der Waals surface area (Å²) in [4.78, 5) is 21.3. The Hall–Kier alpha value is -3.16. The molecule has 2 aliphatic heterocycles. The third-order valence-corrected chi connectivity index (χ3v) is 7.11. The fourth-order valence-electron chi connectivity index (χ4n) is 4.87. The molecule has 7 nitrogen and oxygen atoms in total. The van der Waals surface area contributed by atoms with E-state index in [2.05, 4.69) is 15.2 Å². The summed E-state index contributed by atoms with van der Waals surface area (Å²) in [5.74, 6) is 0.477. The van der Waals surface area contributed by atoms with Crippen molar-refractivity contribution in [3.8, 4) is 6.07 Å². The molecule has 0 saturated carbocycles. The number of halogens is 3. The van der Waals surface area contributed by atoms with Crippen molar-refractivity contribution in [2.75, 3.05) is 43.0 Å². The number of hydrogen-bond donors (Lipinski definition) is 2. The maximum Gasteiger partial charge on any atom is 0.417 e. The maximum atomic E-state index is 13.3. The molecule has 2 saturated heterocycles. The molecule has 0 aliphatic carbocycles. The molecule has 2 N–H and O–H groups in total. The highest BCUT2D eigenvalue weighted by Crippen LogP contribution is 2.35. The number of aliphatic hydroxyl groups is 1. The van der Waals surface area contributed by atoms with Crippen molar-refractivity contribution in [2.24, 2.45) is 11.8 Å². The quantitative estimate of drug-likeness (QED) is 0.621. The SMILES string of the molecule is N#Cc1ccc(N2CCC(C(=O)Nc3ccc(CN4CCC(CO)CC4)cn3)CC2)cc1C(F)(F)F. The van der Waals surface area contributed by atoms with Gasteiger partial charge in [-0.2, -0.15) is 18.4 Å². The standard InChI is InChI=1S/C26H30F3N5O2/c27-26(28,29)23-13-22(3-2-21(23)14-30)34-11-7-20(8-12-34)25(36)32-24-4-1-19(15-31-24)16-33-9-5-18(17-35)6-10-33/h1-4,13,15,18,20,35H,5-12,16-17H2,(H,31,32,36). The monoisotopic (exact) mass is 501 g/mol. The average molecular weight is 502 g/mol. The van der Waals surface area contributed by atoms with Crippen molar-refractivity contribution in [3.05, 3.63) is 53.2 Å². The van der Waals surface area contributed by atoms with Crippen LogP contribution in [-0.2, 0) is 17.5 Å². The van der Waals surface area contributed by atoms with Crippen molar-refractivity contribution in [1.29, 1.82) is 5.26 Å². The Morgan fingerprint density at radius 1 is 1.11 bits per heavy atom. The summed E-state index contributed by atoms with van der Waals surface area (Å²) in [7, 11) is 0. The van der Waals surface area contributed by atoms with E-state index in [4.69, 9.17) is 5.26 Å². The number of rotatable bonds is 6. The Balaban J connectivity index is 1.28. The van der Waals surface area contributed by atoms with E-state index in [0.717, 1.165) is 44.1 Å². The van der Waals surface area contributed by atoms with Gasteiger partial charge in [-0.25, -0.2) is 4.98 Å². The summed E-state index contributed by atoms with van der Waals surface area (Å²) < 4.78 is 39.9. The second-order valence-electron chi connectivity index (χ2n) is 9.54. The molecule has 4 rings (SSSR count). The number of aliphatic hydroxyl groups excluding tert-OH is 1. The highest BCUT2D eigenvalue weighted by atomic mass is 19.4. The van der Waals surface area contributed by atoms with Gasteiger partial charge in [-0.15, -0.1) is 0 Å². The van der Waals surface area contributed by atoms with E-state index in [1.54, 1.807) is 18.3 Å². The molecular formula is C26H30F3N5O2. The third-order valence-electron chi connectivity index (χ3n) is 7.11. The molecule has 192 valence electrons. The van der Waals surface area contributed by atoms with Crippen molar-refractivity contribution in [1.82, 2.24) is 9.88 Å². The van der Waals surface area contributed by atoms with E-state index in [1.165, 1.54) is 12.1 Å². The summed E-state index contributed by atoms with van der Waals surface area (Å²) in [6.07, 6.45) is 0.166. The molecule has 2 aromatic rings. The first-order valence-corrected chi connectivity index (χ1v) is 12.2. The summed E-state index contributed by atoms with van der Waals surface area (Å²) in [6, 6.07) is 9.07. The van der Waals surface area contributed by atoms with Crippen molar-refractivity contribution >= 4 is 17.4 Å². The number of aromatic nitrogens is 1. The number of piperidine rings is 2. The Bertz CT molecular complexity index is 1080. The van der Waals surface area contributed by atoms with Gasteiger partial charge < -0.3 is 15.3 Å². The largest absolute Gasteiger partial charge is 0.417 e. The smallest absolute Gasteiger partial charge is 0.396 e. The highest BCUT2D eigenvalue weighted by Gasteiger charge is 2.35. The van der Waals surface area contributed by atoms with Crippen LogP contribution in [0.1, 0.15) is 42.4 Å². The lowest BCUT2D eigenvalue weighted by Gasteiger charge is -2.33. The number of amides is 1. The first-order chi connectivity index (χ1) is 17.3. The molecule has 2 fully saturated rings. The summed E-state index contributed by atoms with van der Waals surface area (Å²) in [5.41, 5.74) is 0.124. The topological polar surface area (TPSA) is 92.5 Å². The van der Waals surface area contributed by atoms with E-state index in [9.17, 15) is 23.1 Å². The molecule has 0 bridgehead atoms. The lowest BCUT2D eigenvalue weighted by molar-refractivity contribution is -0.137. The molecule has 3 heterocycles. The van der Waals surface area contributed by atoms with Gasteiger partial charge in [-0.3, -0.25) is 9.69 Å². The Morgan fingerprint density at radius 2 is 1.83 bits per heavy atom. The van der Waals surface area contributed by atoms with Gasteiger partial charge in [0, 0.05) is 44.0 Å². The minimum Gasteiger partial charge on any atom is -0.396 e. The number of anilines is 2. The number of nitrogens with zero attached hydrogens (tertiary/aromatic N) is 4. The van der Waals surface area contributed by atoms with Crippen LogP contribution < -0.4 is 10.2 Å². The van der Waals surface area contributed by atoms with Crippen LogP contribution in [0.4, 0.5) is 24.7 Å². The van der Waals surface area contributed by atoms with Crippen LogP contribution in [0.3, 0.4) is 0 Å². The zero-order chi connectivity index (χ0) is 25.7. The number of nitrogens with one attached hydrogen (secondary N) is 1. The first kappa shape index (κ1) is 25.9. The molecule has 1 amide bonds. The van der Waals surface area contributed by atoms with Crippen molar-refractivity contribution in [3.63, 3.8) is 0 Å². The number of hydrogen-bond acceptors (Lipinski definition) is 6. The van der Waals surface area contributed by atoms with Gasteiger partial charge in [0.15, 0.2) is 0 Å². The van der Waals surface area contributed by atoms with Gasteiger partial charge in [0.1, 0.15) is 5.82 Å². The summed E-state index contributed by atoms with van der Waals surface area (Å²) >= 11 is 0. The van der Waals surface area contributed by atoms with Crippen molar-refractivity contribution < 1.29 is 23.1 Å². The normalized spacial score (nSPS) is 18.1. The minimum absolute atomic E-state index is 0.142. The predicted octanol–water partition coefficient (Wildman–Crippen LogP) is 4.03. The number of benzene rings is 1. The second-order valence-corrected chi connectivity index (χ2v) is 9.54. The minimum atomic E-state index is -4.60. The highest BCUT2D eigenvalue weighted by molar-refractivity contribution is 5.91. The van der Waals surface area contributed by atoms with Crippen LogP contribution in [0, 0.1) is 23.2 Å². The van der Waals surface area contributed by atoms with E-state index in [-0.39, 0.29) is 18.4 Å². The molecule has 0 radical (unpaired) electrons. The maximum absolute atomic E-state index is 13.3. The average Bonchev–Trinajstić information content (AvgIpc) is 2.89. The molecule has 2 aliphatic rings. The van der Waals surface area contributed by atoms with Crippen LogP contribution in [-0.4, -0.2) is 53.7 Å². The van der Waals surface area contributed by atoms with Crippen LogP contribution in [0.25, 0.3) is 0 Å². The van der Waals surface area contributed by atoms with E-state index in [1.807, 2.05) is 11.0 Å². The number of alkyl halides is 3. The molecule has 1 aromatic carbocycles. The predicted molar refractivity (Wildman–Crippen MR) is 129 cm³/mol. The van der Waals surface area contributed by atoms with Crippen LogP contribution in [0.5, 0.6) is 0 Å². The lowest BCUT2D eigenvalue weighted by atomic mass is 9.95. The van der Waals surface area contributed by atoms with Gasteiger partial charge in [0.05, 0.1) is 17.2 Å². The Morgan fingerprint density at radius 3 is 2.42 bits per heavy atom. The molecule has 36 heavy (non-hydrogen) atoms. The fourth-order valence-corrected chi connectivity index (χ4v) is 4.87. The van der Waals surface area contributed by atoms with E-state index < -0.39 is 17.3 Å². The second kappa shape index (κ2) is 11.3. The summed E-state index contributed by atoms with van der Waals surface area (Å²) in [5, 5.41) is 21.1. The number of carbonyl (C=O) groups is 1. The van der Waals surface area contributed by atoms with E-state index in [0.29, 0.717) is 43.4 Å².